The molecule has 2 aliphatic heterocycles. The summed E-state index contributed by atoms with van der Waals surface area (Å²) in [6, 6.07) is 7.81. The number of anilines is 1. The van der Waals surface area contributed by atoms with E-state index in [1.54, 1.807) is 19.1 Å². The van der Waals surface area contributed by atoms with Gasteiger partial charge >= 0.3 is 0 Å². The number of benzene rings is 1. The normalized spacial score (nSPS) is 18.1. The highest BCUT2D eigenvalue weighted by Crippen LogP contribution is 2.33. The third-order valence-corrected chi connectivity index (χ3v) is 8.33. The molecule has 2 saturated heterocycles. The van der Waals surface area contributed by atoms with Gasteiger partial charge in [0, 0.05) is 69.7 Å². The quantitative estimate of drug-likeness (QED) is 0.449. The van der Waals surface area contributed by atoms with Gasteiger partial charge in [0.1, 0.15) is 0 Å². The molecule has 5 rings (SSSR count). The van der Waals surface area contributed by atoms with Gasteiger partial charge in [-0.15, -0.1) is 0 Å². The van der Waals surface area contributed by atoms with Crippen molar-refractivity contribution in [3.05, 3.63) is 65.0 Å². The van der Waals surface area contributed by atoms with Crippen molar-refractivity contribution in [3.8, 4) is 0 Å². The van der Waals surface area contributed by atoms with Gasteiger partial charge in [-0.1, -0.05) is 12.6 Å². The summed E-state index contributed by atoms with van der Waals surface area (Å²) in [5.74, 6) is 0.281. The van der Waals surface area contributed by atoms with E-state index in [-0.39, 0.29) is 23.8 Å². The van der Waals surface area contributed by atoms with E-state index in [1.165, 1.54) is 6.08 Å². The fourth-order valence-corrected chi connectivity index (χ4v) is 6.32. The van der Waals surface area contributed by atoms with Crippen molar-refractivity contribution in [2.45, 2.75) is 59.5 Å². The van der Waals surface area contributed by atoms with E-state index in [2.05, 4.69) is 45.4 Å². The topological polar surface area (TPSA) is 104 Å². The van der Waals surface area contributed by atoms with Crippen molar-refractivity contribution in [2.75, 3.05) is 44.6 Å². The van der Waals surface area contributed by atoms with Gasteiger partial charge in [0.25, 0.3) is 5.91 Å². The molecule has 0 spiro atoms. The number of fused-ring (bicyclic) bond motifs is 1. The van der Waals surface area contributed by atoms with Crippen molar-refractivity contribution in [1.29, 1.82) is 0 Å². The van der Waals surface area contributed by atoms with E-state index in [0.29, 0.717) is 24.6 Å². The van der Waals surface area contributed by atoms with Crippen LogP contribution in [0.3, 0.4) is 0 Å². The number of nitrogens with zero attached hydrogens (tertiary/aromatic N) is 6. The number of nitrogens with one attached hydrogen (secondary N) is 1. The van der Waals surface area contributed by atoms with Crippen molar-refractivity contribution in [3.63, 3.8) is 0 Å². The number of likely N-dealkylation sites (tertiary alicyclic amines) is 1. The van der Waals surface area contributed by atoms with Gasteiger partial charge in [0.05, 0.1) is 17.1 Å². The molecule has 3 amide bonds. The number of hydrogen-bond acceptors (Lipinski definition) is 6. The Balaban J connectivity index is 1.51. The Morgan fingerprint density at radius 2 is 1.67 bits per heavy atom. The molecule has 222 valence electrons. The minimum absolute atomic E-state index is 0.0539. The second kappa shape index (κ2) is 12.4. The number of piperazine rings is 1. The van der Waals surface area contributed by atoms with Gasteiger partial charge in [0.2, 0.25) is 17.8 Å². The fraction of sp³-hybridized carbons (Fsp3) is 0.469. The lowest BCUT2D eigenvalue weighted by atomic mass is 10.1. The van der Waals surface area contributed by atoms with Crippen LogP contribution in [0.25, 0.3) is 11.0 Å². The van der Waals surface area contributed by atoms with E-state index < -0.39 is 0 Å². The minimum Gasteiger partial charge on any atom is -0.340 e. The molecule has 1 N–H and O–H groups in total. The van der Waals surface area contributed by atoms with Crippen LogP contribution in [-0.4, -0.2) is 86.2 Å². The van der Waals surface area contributed by atoms with Crippen molar-refractivity contribution < 1.29 is 14.4 Å². The Morgan fingerprint density at radius 3 is 2.33 bits per heavy atom. The van der Waals surface area contributed by atoms with E-state index in [0.717, 1.165) is 85.5 Å². The highest BCUT2D eigenvalue weighted by Gasteiger charge is 2.28. The number of amides is 3. The highest BCUT2D eigenvalue weighted by molar-refractivity contribution is 6.04. The second-order valence-electron chi connectivity index (χ2n) is 11.6. The third kappa shape index (κ3) is 6.38. The summed E-state index contributed by atoms with van der Waals surface area (Å²) < 4.78 is 2.13. The van der Waals surface area contributed by atoms with Crippen LogP contribution in [0.5, 0.6) is 0 Å². The zero-order valence-corrected chi connectivity index (χ0v) is 25.2. The van der Waals surface area contributed by atoms with Gasteiger partial charge in [-0.25, -0.2) is 4.98 Å². The van der Waals surface area contributed by atoms with E-state index in [4.69, 9.17) is 4.98 Å². The zero-order valence-electron chi connectivity index (χ0n) is 25.2. The van der Waals surface area contributed by atoms with E-state index >= 15 is 0 Å². The molecule has 10 heteroatoms. The third-order valence-electron chi connectivity index (χ3n) is 8.33. The average molecular weight is 572 g/mol. The molecule has 1 unspecified atom stereocenters. The lowest BCUT2D eigenvalue weighted by Gasteiger charge is -2.34. The summed E-state index contributed by atoms with van der Waals surface area (Å²) >= 11 is 0. The Bertz CT molecular complexity index is 1500. The number of carbonyl (C=O) groups is 3. The van der Waals surface area contributed by atoms with Crippen molar-refractivity contribution in [1.82, 2.24) is 29.2 Å². The largest absolute Gasteiger partial charge is 0.340 e. The maximum Gasteiger partial charge on any atom is 0.258 e. The maximum absolute atomic E-state index is 13.5. The Labute approximate surface area is 247 Å². The fourth-order valence-electron chi connectivity index (χ4n) is 6.32. The molecule has 2 aromatic heterocycles. The summed E-state index contributed by atoms with van der Waals surface area (Å²) in [4.78, 5) is 53.4. The Kier molecular flexibility index (Phi) is 8.72. The smallest absolute Gasteiger partial charge is 0.258 e. The standard InChI is InChI=1S/C32H41N7O3/c1-6-29(41)38-10-8-7-9-27(20-38)39-30-21(2)15-25(19-36-11-13-37(14-12-36)24(5)40)18-28(30)34-32(39)35-31(42)26-16-22(3)33-23(4)17-26/h6,15-18,27H,1,7-14,19-20H2,2-5H3,(H,34,35,42). The van der Waals surface area contributed by atoms with Crippen LogP contribution in [0.4, 0.5) is 5.95 Å². The molecule has 0 radical (unpaired) electrons. The van der Waals surface area contributed by atoms with Gasteiger partial charge in [-0.3, -0.25) is 29.6 Å². The SMILES string of the molecule is C=CC(=O)N1CCCCC(n2c(NC(=O)c3cc(C)nc(C)c3)nc3cc(CN4CCN(C(C)=O)CC4)cc(C)c32)C1. The highest BCUT2D eigenvalue weighted by atomic mass is 16.2. The van der Waals surface area contributed by atoms with Gasteiger partial charge < -0.3 is 14.4 Å². The summed E-state index contributed by atoms with van der Waals surface area (Å²) in [7, 11) is 0. The molecule has 4 heterocycles. The predicted molar refractivity (Wildman–Crippen MR) is 163 cm³/mol. The van der Waals surface area contributed by atoms with Crippen LogP contribution >= 0.6 is 0 Å². The first-order valence-corrected chi connectivity index (χ1v) is 14.8. The lowest BCUT2D eigenvalue weighted by Crippen LogP contribution is -2.47. The molecule has 2 aliphatic rings. The molecule has 3 aromatic rings. The first-order chi connectivity index (χ1) is 20.1. The van der Waals surface area contributed by atoms with Crippen molar-refractivity contribution in [2.24, 2.45) is 0 Å². The van der Waals surface area contributed by atoms with Crippen LogP contribution < -0.4 is 5.32 Å². The Hall–Kier alpha value is -4.05. The first kappa shape index (κ1) is 29.4. The molecule has 1 atom stereocenters. The van der Waals surface area contributed by atoms with Gasteiger partial charge in [0.15, 0.2) is 0 Å². The molecule has 0 saturated carbocycles. The number of aryl methyl sites for hydroxylation is 3. The Morgan fingerprint density at radius 1 is 0.952 bits per heavy atom. The van der Waals surface area contributed by atoms with E-state index in [1.807, 2.05) is 23.6 Å². The number of rotatable bonds is 6. The number of aromatic nitrogens is 3. The molecule has 1 aromatic carbocycles. The number of pyridine rings is 1. The van der Waals surface area contributed by atoms with Crippen LogP contribution in [0, 0.1) is 20.8 Å². The summed E-state index contributed by atoms with van der Waals surface area (Å²) in [5.41, 5.74) is 6.08. The lowest BCUT2D eigenvalue weighted by molar-refractivity contribution is -0.130. The number of hydrogen-bond donors (Lipinski definition) is 1. The van der Waals surface area contributed by atoms with Crippen molar-refractivity contribution >= 4 is 34.7 Å². The predicted octanol–water partition coefficient (Wildman–Crippen LogP) is 4.01. The monoisotopic (exact) mass is 571 g/mol. The number of imidazole rings is 1. The number of carbonyl (C=O) groups excluding carboxylic acids is 3. The zero-order chi connectivity index (χ0) is 30.0. The summed E-state index contributed by atoms with van der Waals surface area (Å²) in [6.07, 6.45) is 4.12. The second-order valence-corrected chi connectivity index (χ2v) is 11.6. The molecule has 2 fully saturated rings. The summed E-state index contributed by atoms with van der Waals surface area (Å²) in [5, 5.41) is 3.10. The van der Waals surface area contributed by atoms with Crippen LogP contribution in [0.15, 0.2) is 36.9 Å². The van der Waals surface area contributed by atoms with Gasteiger partial charge in [-0.05, 0) is 75.4 Å². The van der Waals surface area contributed by atoms with Crippen LogP contribution in [0.1, 0.15) is 65.1 Å². The first-order valence-electron chi connectivity index (χ1n) is 14.8. The molecule has 0 bridgehead atoms. The average Bonchev–Trinajstić information content (AvgIpc) is 3.13. The van der Waals surface area contributed by atoms with E-state index in [9.17, 15) is 14.4 Å². The molecule has 42 heavy (non-hydrogen) atoms. The maximum atomic E-state index is 13.5. The summed E-state index contributed by atoms with van der Waals surface area (Å²) in [6.45, 7) is 16.2. The molecule has 0 aliphatic carbocycles. The molecular weight excluding hydrogens is 530 g/mol. The minimum atomic E-state index is -0.242. The van der Waals surface area contributed by atoms with Crippen LogP contribution in [0.2, 0.25) is 0 Å². The molecule has 10 nitrogen and oxygen atoms in total. The van der Waals surface area contributed by atoms with Crippen LogP contribution in [-0.2, 0) is 16.1 Å². The van der Waals surface area contributed by atoms with Gasteiger partial charge in [-0.2, -0.15) is 0 Å². The molecular formula is C32H41N7O3.